The van der Waals surface area contributed by atoms with Crippen LogP contribution in [0.5, 0.6) is 0 Å². The number of aromatic nitrogens is 1. The van der Waals surface area contributed by atoms with Gasteiger partial charge in [0.1, 0.15) is 5.15 Å². The van der Waals surface area contributed by atoms with E-state index < -0.39 is 0 Å². The Balaban J connectivity index is 2.55. The summed E-state index contributed by atoms with van der Waals surface area (Å²) < 4.78 is 0. The number of benzene rings is 1. The Morgan fingerprint density at radius 2 is 2.12 bits per heavy atom. The number of carbonyl (C=O) groups excluding carboxylic acids is 1. The lowest BCUT2D eigenvalue weighted by Crippen LogP contribution is -1.87. The Morgan fingerprint density at radius 1 is 1.35 bits per heavy atom. The maximum absolute atomic E-state index is 10.9. The van der Waals surface area contributed by atoms with Crippen LogP contribution in [0.1, 0.15) is 18.1 Å². The quantitative estimate of drug-likeness (QED) is 0.595. The first-order valence-corrected chi connectivity index (χ1v) is 5.69. The highest BCUT2D eigenvalue weighted by Crippen LogP contribution is 2.22. The standard InChI is InChI=1S/C14H12ClNO/c1-9-3-5-11-8-12(6-4-10(2)17)14(15)16-13(11)7-9/h3-8H,1-2H3. The number of hydrogen-bond acceptors (Lipinski definition) is 2. The van der Waals surface area contributed by atoms with Crippen LogP contribution < -0.4 is 0 Å². The van der Waals surface area contributed by atoms with Gasteiger partial charge in [0.15, 0.2) is 5.78 Å². The third-order valence-electron chi connectivity index (χ3n) is 2.45. The molecular formula is C14H12ClNO. The third-order valence-corrected chi connectivity index (χ3v) is 2.75. The number of rotatable bonds is 2. The number of allylic oxidation sites excluding steroid dienone is 1. The molecule has 0 radical (unpaired) electrons. The monoisotopic (exact) mass is 245 g/mol. The number of ketones is 1. The van der Waals surface area contributed by atoms with Crippen LogP contribution in [-0.2, 0) is 4.79 Å². The van der Waals surface area contributed by atoms with Gasteiger partial charge in [0, 0.05) is 10.9 Å². The molecule has 1 aromatic heterocycles. The molecule has 2 rings (SSSR count). The molecule has 86 valence electrons. The zero-order valence-corrected chi connectivity index (χ0v) is 10.5. The van der Waals surface area contributed by atoms with Crippen molar-refractivity contribution in [3.63, 3.8) is 0 Å². The van der Waals surface area contributed by atoms with Crippen LogP contribution in [0.2, 0.25) is 5.15 Å². The molecule has 0 saturated heterocycles. The van der Waals surface area contributed by atoms with E-state index in [0.29, 0.717) is 5.15 Å². The molecule has 0 spiro atoms. The average Bonchev–Trinajstić information content (AvgIpc) is 2.26. The third kappa shape index (κ3) is 2.71. The van der Waals surface area contributed by atoms with Crippen molar-refractivity contribution < 1.29 is 4.79 Å². The maximum Gasteiger partial charge on any atom is 0.152 e. The average molecular weight is 246 g/mol. The molecule has 1 heterocycles. The van der Waals surface area contributed by atoms with Crippen LogP contribution in [0, 0.1) is 6.92 Å². The fraction of sp³-hybridized carbons (Fsp3) is 0.143. The van der Waals surface area contributed by atoms with Gasteiger partial charge in [0.25, 0.3) is 0 Å². The molecule has 0 unspecified atom stereocenters. The fourth-order valence-corrected chi connectivity index (χ4v) is 1.80. The van der Waals surface area contributed by atoms with E-state index in [2.05, 4.69) is 4.98 Å². The summed E-state index contributed by atoms with van der Waals surface area (Å²) in [5.41, 5.74) is 2.78. The zero-order valence-electron chi connectivity index (χ0n) is 9.70. The maximum atomic E-state index is 10.9. The van der Waals surface area contributed by atoms with Crippen molar-refractivity contribution in [2.45, 2.75) is 13.8 Å². The van der Waals surface area contributed by atoms with Crippen LogP contribution >= 0.6 is 11.6 Å². The van der Waals surface area contributed by atoms with Gasteiger partial charge < -0.3 is 0 Å². The van der Waals surface area contributed by atoms with E-state index in [4.69, 9.17) is 11.6 Å². The number of carbonyl (C=O) groups is 1. The molecule has 0 aliphatic carbocycles. The van der Waals surface area contributed by atoms with Crippen molar-refractivity contribution in [3.05, 3.63) is 46.6 Å². The molecule has 0 atom stereocenters. The summed E-state index contributed by atoms with van der Waals surface area (Å²) in [6, 6.07) is 7.94. The Bertz CT molecular complexity index is 617. The van der Waals surface area contributed by atoms with Gasteiger partial charge in [-0.3, -0.25) is 4.79 Å². The summed E-state index contributed by atoms with van der Waals surface area (Å²) in [5.74, 6) is -0.00919. The molecule has 17 heavy (non-hydrogen) atoms. The highest BCUT2D eigenvalue weighted by atomic mass is 35.5. The van der Waals surface area contributed by atoms with E-state index in [0.717, 1.165) is 22.0 Å². The first kappa shape index (κ1) is 11.8. The Hall–Kier alpha value is -1.67. The van der Waals surface area contributed by atoms with Gasteiger partial charge in [0.05, 0.1) is 5.52 Å². The lowest BCUT2D eigenvalue weighted by atomic mass is 10.1. The van der Waals surface area contributed by atoms with E-state index in [1.807, 2.05) is 31.2 Å². The topological polar surface area (TPSA) is 30.0 Å². The summed E-state index contributed by atoms with van der Waals surface area (Å²) in [6.45, 7) is 3.51. The van der Waals surface area contributed by atoms with E-state index in [9.17, 15) is 4.79 Å². The van der Waals surface area contributed by atoms with E-state index in [1.165, 1.54) is 13.0 Å². The molecule has 0 N–H and O–H groups in total. The van der Waals surface area contributed by atoms with Crippen LogP contribution in [0.3, 0.4) is 0 Å². The van der Waals surface area contributed by atoms with Gasteiger partial charge in [-0.05, 0) is 43.7 Å². The minimum absolute atomic E-state index is 0.00919. The summed E-state index contributed by atoms with van der Waals surface area (Å²) in [5, 5.41) is 1.43. The molecule has 1 aromatic carbocycles. The second-order valence-electron chi connectivity index (χ2n) is 4.01. The molecule has 0 aliphatic heterocycles. The van der Waals surface area contributed by atoms with Crippen LogP contribution in [-0.4, -0.2) is 10.8 Å². The van der Waals surface area contributed by atoms with Crippen molar-refractivity contribution in [3.8, 4) is 0 Å². The summed E-state index contributed by atoms with van der Waals surface area (Å²) in [7, 11) is 0. The summed E-state index contributed by atoms with van der Waals surface area (Å²) in [6.07, 6.45) is 3.18. The minimum atomic E-state index is -0.00919. The van der Waals surface area contributed by atoms with Gasteiger partial charge >= 0.3 is 0 Å². The number of halogens is 1. The van der Waals surface area contributed by atoms with Gasteiger partial charge in [-0.2, -0.15) is 0 Å². The second-order valence-corrected chi connectivity index (χ2v) is 4.37. The van der Waals surface area contributed by atoms with Crippen molar-refractivity contribution in [2.24, 2.45) is 0 Å². The number of aryl methyl sites for hydroxylation is 1. The zero-order chi connectivity index (χ0) is 12.4. The summed E-state index contributed by atoms with van der Waals surface area (Å²) in [4.78, 5) is 15.2. The van der Waals surface area contributed by atoms with Gasteiger partial charge in [-0.25, -0.2) is 4.98 Å². The molecule has 3 heteroatoms. The van der Waals surface area contributed by atoms with E-state index >= 15 is 0 Å². The van der Waals surface area contributed by atoms with Crippen molar-refractivity contribution in [1.29, 1.82) is 0 Å². The molecule has 0 saturated carbocycles. The second kappa shape index (κ2) is 4.68. The van der Waals surface area contributed by atoms with E-state index in [1.54, 1.807) is 6.08 Å². The van der Waals surface area contributed by atoms with Crippen LogP contribution in [0.25, 0.3) is 17.0 Å². The molecule has 0 aliphatic rings. The number of fused-ring (bicyclic) bond motifs is 1. The molecule has 0 fully saturated rings. The van der Waals surface area contributed by atoms with E-state index in [-0.39, 0.29) is 5.78 Å². The Labute approximate surface area is 105 Å². The normalized spacial score (nSPS) is 11.2. The SMILES string of the molecule is CC(=O)C=Cc1cc2ccc(C)cc2nc1Cl. The minimum Gasteiger partial charge on any atom is -0.295 e. The molecule has 2 nitrogen and oxygen atoms in total. The highest BCUT2D eigenvalue weighted by Gasteiger charge is 2.02. The van der Waals surface area contributed by atoms with Crippen LogP contribution in [0.15, 0.2) is 30.3 Å². The highest BCUT2D eigenvalue weighted by molar-refractivity contribution is 6.31. The van der Waals surface area contributed by atoms with Crippen molar-refractivity contribution in [2.75, 3.05) is 0 Å². The summed E-state index contributed by atoms with van der Waals surface area (Å²) >= 11 is 6.07. The van der Waals surface area contributed by atoms with Gasteiger partial charge in [0.2, 0.25) is 0 Å². The smallest absolute Gasteiger partial charge is 0.152 e. The van der Waals surface area contributed by atoms with Gasteiger partial charge in [-0.1, -0.05) is 23.7 Å². The molecule has 0 bridgehead atoms. The lowest BCUT2D eigenvalue weighted by Gasteiger charge is -2.03. The molecule has 0 amide bonds. The van der Waals surface area contributed by atoms with Crippen molar-refractivity contribution in [1.82, 2.24) is 4.98 Å². The number of hydrogen-bond donors (Lipinski definition) is 0. The predicted molar refractivity (Wildman–Crippen MR) is 71.2 cm³/mol. The van der Waals surface area contributed by atoms with Crippen LogP contribution in [0.4, 0.5) is 0 Å². The molecule has 2 aromatic rings. The first-order valence-electron chi connectivity index (χ1n) is 5.32. The Morgan fingerprint density at radius 3 is 2.82 bits per heavy atom. The lowest BCUT2D eigenvalue weighted by molar-refractivity contribution is -0.112. The molecular weight excluding hydrogens is 234 g/mol. The largest absolute Gasteiger partial charge is 0.295 e. The number of nitrogens with zero attached hydrogens (tertiary/aromatic N) is 1. The Kier molecular flexibility index (Phi) is 3.25. The van der Waals surface area contributed by atoms with Gasteiger partial charge in [-0.15, -0.1) is 0 Å². The fourth-order valence-electron chi connectivity index (χ4n) is 1.59. The number of pyridine rings is 1. The van der Waals surface area contributed by atoms with Crippen molar-refractivity contribution >= 4 is 34.4 Å². The first-order chi connectivity index (χ1) is 8.06. The predicted octanol–water partition coefficient (Wildman–Crippen LogP) is 3.80.